The minimum absolute atomic E-state index is 0.0267. The molecular weight excluding hydrogens is 1960 g/mol. The molecule has 3 heterocycles. The van der Waals surface area contributed by atoms with Crippen LogP contribution in [-0.2, 0) is 53.5 Å². The normalized spacial score (nSPS) is 17.6. The number of methoxy groups -OCH3 is 8. The van der Waals surface area contributed by atoms with Crippen molar-refractivity contribution in [3.63, 3.8) is 0 Å². The summed E-state index contributed by atoms with van der Waals surface area (Å²) in [5.41, 5.74) is 17.1. The second-order valence-electron chi connectivity index (χ2n) is 45.5. The third-order valence-electron chi connectivity index (χ3n) is 33.4. The SMILES string of the molecule is [C-]#[N+][C@@H](C(Cc1cc(O)c(OC)c(C)c1OC)NCC(Cc1cc(O[Si](C)(C)C(C)(C)C)c(OC)c(C)c1OC)NC(=O)OCC1c2ccccc2-c2ccccc21)N1CCO[C@@H](CCO[Si](C)(C(C)C)C(C)C)C1.[C-]#[N+][C@@H](C1Cc2c(OC)c(C)c(OC)c(O)c2C(C(Cc2cc(O[Si](C)(C)C(C)(C)C)c(OC)c(C)c2OC)NC(=O)OCC2c3ccccc3-c3ccccc32)N1)N1CCO[C@@H](CCO[Si](C)(C(C)C)C(C)C)C1. The lowest BCUT2D eigenvalue weighted by Gasteiger charge is -2.42. The molecule has 0 saturated carbocycles. The number of benzene rings is 8. The van der Waals surface area contributed by atoms with Crippen molar-refractivity contribution >= 4 is 45.5 Å². The zero-order valence-corrected chi connectivity index (χ0v) is 99.2. The zero-order valence-electron chi connectivity index (χ0n) is 95.2. The van der Waals surface area contributed by atoms with Gasteiger partial charge < -0.3 is 101 Å². The highest BCUT2D eigenvalue weighted by Crippen LogP contribution is 2.55. The molecule has 0 aromatic heterocycles. The number of hydrogen-bond acceptors (Lipinski definition) is 24. The predicted molar refractivity (Wildman–Crippen MR) is 605 cm³/mol. The van der Waals surface area contributed by atoms with Crippen LogP contribution in [0, 0.1) is 40.8 Å². The number of aromatic hydroxyl groups is 2. The Hall–Kier alpha value is -10.6. The van der Waals surface area contributed by atoms with Crippen LogP contribution in [0.4, 0.5) is 9.59 Å². The first kappa shape index (κ1) is 118. The van der Waals surface area contributed by atoms with E-state index in [0.29, 0.717) is 181 Å². The summed E-state index contributed by atoms with van der Waals surface area (Å²) in [6, 6.07) is 35.3. The van der Waals surface area contributed by atoms with Gasteiger partial charge in [-0.3, -0.25) is 15.0 Å². The van der Waals surface area contributed by atoms with Crippen molar-refractivity contribution in [1.29, 1.82) is 0 Å². The van der Waals surface area contributed by atoms with Crippen LogP contribution in [0.25, 0.3) is 31.9 Å². The largest absolute Gasteiger partial charge is 0.541 e. The molecule has 32 heteroatoms. The van der Waals surface area contributed by atoms with Gasteiger partial charge in [0.15, 0.2) is 51.1 Å². The molecule has 5 aliphatic rings. The fraction of sp³-hybridized carbons (Fsp3) is 0.559. The van der Waals surface area contributed by atoms with Gasteiger partial charge in [-0.1, -0.05) is 194 Å². The number of nitrogens with zero attached hydrogens (tertiary/aromatic N) is 4. The van der Waals surface area contributed by atoms with E-state index in [1.807, 2.05) is 88.4 Å². The number of fused-ring (bicyclic) bond motifs is 7. The summed E-state index contributed by atoms with van der Waals surface area (Å²) >= 11 is 0. The number of amides is 2. The van der Waals surface area contributed by atoms with E-state index in [4.69, 9.17) is 87.7 Å². The molecule has 13 rings (SSSR count). The first-order valence-corrected chi connectivity index (χ1v) is 64.2. The van der Waals surface area contributed by atoms with E-state index in [1.165, 1.54) is 14.2 Å². The highest BCUT2D eigenvalue weighted by Gasteiger charge is 2.50. The summed E-state index contributed by atoms with van der Waals surface area (Å²) < 4.78 is 101. The van der Waals surface area contributed by atoms with Crippen LogP contribution in [-0.4, -0.2) is 243 Å². The fourth-order valence-corrected chi connectivity index (χ4v) is 29.1. The minimum atomic E-state index is -2.42. The highest BCUT2D eigenvalue weighted by atomic mass is 28.4. The second-order valence-corrected chi connectivity index (χ2v) is 64.9. The number of nitrogens with one attached hydrogen (secondary N) is 4. The topological polar surface area (TPSA) is 286 Å². The molecule has 150 heavy (non-hydrogen) atoms. The van der Waals surface area contributed by atoms with E-state index >= 15 is 0 Å². The number of ether oxygens (including phenoxy) is 12. The van der Waals surface area contributed by atoms with E-state index in [9.17, 15) is 19.8 Å². The Morgan fingerprint density at radius 2 is 0.867 bits per heavy atom. The van der Waals surface area contributed by atoms with Crippen molar-refractivity contribution in [2.75, 3.05) is 129 Å². The maximum absolute atomic E-state index is 14.8. The molecule has 0 radical (unpaired) electrons. The van der Waals surface area contributed by atoms with Crippen LogP contribution < -0.4 is 68.0 Å². The quantitative estimate of drug-likeness (QED) is 0.0153. The molecule has 5 unspecified atom stereocenters. The fourth-order valence-electron chi connectivity index (χ4n) is 21.9. The van der Waals surface area contributed by atoms with Crippen LogP contribution in [0.3, 0.4) is 0 Å². The number of carbonyl (C=O) groups is 2. The van der Waals surface area contributed by atoms with Gasteiger partial charge in [-0.25, -0.2) is 32.5 Å². The molecule has 8 aromatic carbocycles. The van der Waals surface area contributed by atoms with Crippen LogP contribution in [0.1, 0.15) is 200 Å². The lowest BCUT2D eigenvalue weighted by Crippen LogP contribution is -2.59. The van der Waals surface area contributed by atoms with Gasteiger partial charge in [0.05, 0.1) is 94.4 Å². The van der Waals surface area contributed by atoms with Gasteiger partial charge in [-0.05, 0) is 188 Å². The first-order chi connectivity index (χ1) is 71.1. The second kappa shape index (κ2) is 50.5. The summed E-state index contributed by atoms with van der Waals surface area (Å²) in [7, 11) is 4.01. The molecule has 2 aliphatic carbocycles. The smallest absolute Gasteiger partial charge is 0.407 e. The monoisotopic (exact) mass is 2130 g/mol. The van der Waals surface area contributed by atoms with Crippen molar-refractivity contribution in [2.24, 2.45) is 0 Å². The molecule has 3 aliphatic heterocycles. The molecule has 0 spiro atoms. The first-order valence-electron chi connectivity index (χ1n) is 53.3. The van der Waals surface area contributed by atoms with Crippen molar-refractivity contribution in [3.8, 4) is 91.2 Å². The van der Waals surface area contributed by atoms with Crippen LogP contribution in [0.2, 0.25) is 71.5 Å². The Bertz CT molecular complexity index is 5890. The van der Waals surface area contributed by atoms with Gasteiger partial charge >= 0.3 is 12.2 Å². The molecule has 2 amide bonds. The predicted octanol–water partition coefficient (Wildman–Crippen LogP) is 23.7. The lowest BCUT2D eigenvalue weighted by molar-refractivity contribution is -0.0506. The highest BCUT2D eigenvalue weighted by molar-refractivity contribution is 6.76. The standard InChI is InChI=1S/C59H84N4O10Si2.C59H86N4O10Si2/c1-35(2)75(17,36(3)4)72-28-26-40-33-63(27-29-70-40)57(60-10)48-32-45-50(52(64)56(69-14)38(6)54(45)67-12)51(61-48)47(30-39-31-49(73-74(15,16)59(7,8)9)55(68-13)37(5)53(39)66-11)62-58(65)71-34-46-43-24-20-18-22-41(43)42-23-19-21-25-44(42)46;1-37(2)75(17,38(3)4)72-28-26-44-35-63(27-29-70-44)57(60-10)50(31-42-32-51(64)55(68-13)39(5)53(42)66-11)61-34-43(30-41-33-52(73-74(15,16)59(7,8)9)56(69-14)40(6)54(41)67-12)62-58(65)71-36-49-47-24-20-18-22-45(47)46-23-19-21-25-48(46)49/h18-25,31,35-36,40,46-48,51,57,61,64H,26-30,32-34H2,1-9,11-17H3,(H,62,65);18-25,32-33,37-38,43-44,49-50,57,61,64H,26-31,34-36H2,1-9,11-17H3,(H,62,65)/t40-,47?,48?,51?,57+;43?,44-,50?,57+/m00/s1. The number of rotatable bonds is 44. The number of phenolic OH excluding ortho intramolecular Hbond substituents is 2. The van der Waals surface area contributed by atoms with E-state index in [1.54, 1.807) is 48.7 Å². The Kier molecular flexibility index (Phi) is 39.8. The number of alkyl carbamates (subject to hydrolysis) is 2. The molecule has 9 atom stereocenters. The van der Waals surface area contributed by atoms with Crippen LogP contribution >= 0.6 is 0 Å². The van der Waals surface area contributed by atoms with Gasteiger partial charge in [0.25, 0.3) is 29.0 Å². The summed E-state index contributed by atoms with van der Waals surface area (Å²) in [6.45, 7) is 74.7. The Labute approximate surface area is 897 Å². The molecule has 8 aromatic rings. The summed E-state index contributed by atoms with van der Waals surface area (Å²) in [4.78, 5) is 42.3. The lowest BCUT2D eigenvalue weighted by atomic mass is 9.81. The Morgan fingerprint density at radius 3 is 1.27 bits per heavy atom. The van der Waals surface area contributed by atoms with Gasteiger partial charge in [-0.15, -0.1) is 0 Å². The van der Waals surface area contributed by atoms with Gasteiger partial charge in [0.2, 0.25) is 0 Å². The Balaban J connectivity index is 0.000000266. The Morgan fingerprint density at radius 1 is 0.487 bits per heavy atom. The molecule has 28 nitrogen and oxygen atoms in total. The molecule has 0 bridgehead atoms. The number of carbonyl (C=O) groups excluding carboxylic acids is 2. The van der Waals surface area contributed by atoms with Gasteiger partial charge in [0.1, 0.15) is 59.8 Å². The molecule has 2 fully saturated rings. The average Bonchev–Trinajstić information content (AvgIpc) is 1.50. The van der Waals surface area contributed by atoms with Crippen LogP contribution in [0.5, 0.6) is 69.0 Å². The molecule has 2 saturated heterocycles. The van der Waals surface area contributed by atoms with E-state index in [2.05, 4.69) is 226 Å². The van der Waals surface area contributed by atoms with Crippen molar-refractivity contribution in [1.82, 2.24) is 31.1 Å². The summed E-state index contributed by atoms with van der Waals surface area (Å²) in [5.74, 6) is 4.80. The number of phenols is 2. The number of hydrogen-bond donors (Lipinski definition) is 6. The number of morpholine rings is 2. The van der Waals surface area contributed by atoms with Gasteiger partial charge in [-0.2, -0.15) is 0 Å². The zero-order chi connectivity index (χ0) is 110. The summed E-state index contributed by atoms with van der Waals surface area (Å²) in [5, 5.41) is 37.8. The van der Waals surface area contributed by atoms with Gasteiger partial charge in [0, 0.05) is 127 Å². The summed E-state index contributed by atoms with van der Waals surface area (Å²) in [6.07, 6.45) is -0.317. The maximum Gasteiger partial charge on any atom is 0.407 e. The molecule has 6 N–H and O–H groups in total. The molecule has 818 valence electrons. The average molecular weight is 2130 g/mol. The third-order valence-corrected chi connectivity index (χ3v) is 52.9. The molecular formula is C118H170N8O20Si4. The maximum atomic E-state index is 14.8. The van der Waals surface area contributed by atoms with Crippen molar-refractivity contribution < 1.29 is 94.3 Å². The van der Waals surface area contributed by atoms with Crippen molar-refractivity contribution in [2.45, 2.75) is 301 Å². The third kappa shape index (κ3) is 25.9. The van der Waals surface area contributed by atoms with E-state index < -0.39 is 88.0 Å². The minimum Gasteiger partial charge on any atom is -0.541 e. The van der Waals surface area contributed by atoms with Crippen molar-refractivity contribution in [3.05, 3.63) is 210 Å². The van der Waals surface area contributed by atoms with E-state index in [-0.39, 0.29) is 77.5 Å². The van der Waals surface area contributed by atoms with Crippen LogP contribution in [0.15, 0.2) is 115 Å². The van der Waals surface area contributed by atoms with E-state index in [0.717, 1.165) is 72.3 Å².